The maximum atomic E-state index is 13.8. The van der Waals surface area contributed by atoms with Crippen LogP contribution in [0.1, 0.15) is 58.2 Å². The van der Waals surface area contributed by atoms with Crippen LogP contribution in [0.5, 0.6) is 5.75 Å². The number of amides is 1. The number of benzene rings is 2. The van der Waals surface area contributed by atoms with Gasteiger partial charge in [0.1, 0.15) is 0 Å². The molecule has 2 atom stereocenters. The lowest BCUT2D eigenvalue weighted by molar-refractivity contribution is -0.128. The van der Waals surface area contributed by atoms with Crippen LogP contribution in [-0.4, -0.2) is 12.0 Å². The van der Waals surface area contributed by atoms with Crippen LogP contribution in [0.3, 0.4) is 0 Å². The van der Waals surface area contributed by atoms with Crippen molar-refractivity contribution in [1.29, 1.82) is 0 Å². The number of rotatable bonds is 6. The van der Waals surface area contributed by atoms with E-state index in [1.165, 1.54) is 17.7 Å². The van der Waals surface area contributed by atoms with Gasteiger partial charge in [-0.1, -0.05) is 64.1 Å². The third-order valence-corrected chi connectivity index (χ3v) is 4.40. The molecule has 1 N–H and O–H groups in total. The highest BCUT2D eigenvalue weighted by atomic mass is 19.1. The lowest BCUT2D eigenvalue weighted by atomic mass is 9.86. The van der Waals surface area contributed by atoms with Crippen LogP contribution in [0.4, 0.5) is 4.39 Å². The van der Waals surface area contributed by atoms with E-state index in [1.807, 2.05) is 26.0 Å². The van der Waals surface area contributed by atoms with Crippen LogP contribution in [0.15, 0.2) is 48.5 Å². The van der Waals surface area contributed by atoms with Gasteiger partial charge in [0.25, 0.3) is 5.91 Å². The number of nitrogens with one attached hydrogen (secondary N) is 1. The average molecular weight is 357 g/mol. The fraction of sp³-hybridized carbons (Fsp3) is 0.409. The first kappa shape index (κ1) is 20.0. The first-order chi connectivity index (χ1) is 12.2. The Morgan fingerprint density at radius 1 is 1.12 bits per heavy atom. The van der Waals surface area contributed by atoms with Gasteiger partial charge in [-0.15, -0.1) is 0 Å². The number of hydrogen-bond donors (Lipinski definition) is 1. The minimum absolute atomic E-state index is 0.0892. The predicted octanol–water partition coefficient (Wildman–Crippen LogP) is 5.16. The zero-order valence-electron chi connectivity index (χ0n) is 16.2. The highest BCUT2D eigenvalue weighted by molar-refractivity contribution is 5.81. The van der Waals surface area contributed by atoms with Crippen LogP contribution < -0.4 is 10.1 Å². The summed E-state index contributed by atoms with van der Waals surface area (Å²) in [5, 5.41) is 2.96. The normalized spacial score (nSPS) is 13.8. The lowest BCUT2D eigenvalue weighted by Gasteiger charge is -2.22. The number of para-hydroxylation sites is 1. The predicted molar refractivity (Wildman–Crippen MR) is 103 cm³/mol. The largest absolute Gasteiger partial charge is 0.478 e. The van der Waals surface area contributed by atoms with Crippen molar-refractivity contribution in [3.8, 4) is 5.75 Å². The summed E-state index contributed by atoms with van der Waals surface area (Å²) in [6.45, 7) is 10.3. The van der Waals surface area contributed by atoms with E-state index in [1.54, 1.807) is 12.1 Å². The van der Waals surface area contributed by atoms with E-state index in [0.29, 0.717) is 6.42 Å². The molecule has 0 spiro atoms. The van der Waals surface area contributed by atoms with Crippen LogP contribution in [0.25, 0.3) is 0 Å². The average Bonchev–Trinajstić information content (AvgIpc) is 2.60. The maximum absolute atomic E-state index is 13.8. The second kappa shape index (κ2) is 8.35. The molecule has 26 heavy (non-hydrogen) atoms. The van der Waals surface area contributed by atoms with Crippen molar-refractivity contribution in [3.05, 3.63) is 65.5 Å². The van der Waals surface area contributed by atoms with E-state index >= 15 is 0 Å². The third-order valence-electron chi connectivity index (χ3n) is 4.40. The lowest BCUT2D eigenvalue weighted by Crippen LogP contribution is -2.39. The summed E-state index contributed by atoms with van der Waals surface area (Å²) < 4.78 is 19.3. The Morgan fingerprint density at radius 2 is 1.73 bits per heavy atom. The summed E-state index contributed by atoms with van der Waals surface area (Å²) >= 11 is 0. The summed E-state index contributed by atoms with van der Waals surface area (Å²) in [6, 6.07) is 14.2. The summed E-state index contributed by atoms with van der Waals surface area (Å²) in [6.07, 6.45) is -0.279. The van der Waals surface area contributed by atoms with E-state index in [0.717, 1.165) is 5.56 Å². The quantitative estimate of drug-likeness (QED) is 0.776. The molecule has 0 heterocycles. The molecule has 2 rings (SSSR count). The molecule has 0 saturated carbocycles. The van der Waals surface area contributed by atoms with Gasteiger partial charge in [0.2, 0.25) is 0 Å². The third kappa shape index (κ3) is 5.07. The van der Waals surface area contributed by atoms with Gasteiger partial charge < -0.3 is 10.1 Å². The Bertz CT molecular complexity index is 735. The molecule has 0 aliphatic carbocycles. The molecule has 1 amide bonds. The van der Waals surface area contributed by atoms with E-state index in [-0.39, 0.29) is 23.1 Å². The fourth-order valence-electron chi connectivity index (χ4n) is 2.68. The molecule has 140 valence electrons. The fourth-order valence-corrected chi connectivity index (χ4v) is 2.68. The van der Waals surface area contributed by atoms with Crippen molar-refractivity contribution in [1.82, 2.24) is 5.32 Å². The summed E-state index contributed by atoms with van der Waals surface area (Å²) in [7, 11) is 0. The molecule has 0 unspecified atom stereocenters. The molecule has 0 bridgehead atoms. The van der Waals surface area contributed by atoms with Gasteiger partial charge in [-0.25, -0.2) is 4.39 Å². The van der Waals surface area contributed by atoms with Gasteiger partial charge in [0.05, 0.1) is 6.04 Å². The number of hydrogen-bond acceptors (Lipinski definition) is 2. The van der Waals surface area contributed by atoms with Crippen LogP contribution >= 0.6 is 0 Å². The Kier molecular flexibility index (Phi) is 6.41. The SMILES string of the molecule is CC[C@@H](Oc1ccccc1F)C(=O)N[C@H](C)c1ccc(C(C)(C)C)cc1. The zero-order chi connectivity index (χ0) is 19.3. The van der Waals surface area contributed by atoms with Gasteiger partial charge >= 0.3 is 0 Å². The van der Waals surface area contributed by atoms with E-state index in [4.69, 9.17) is 4.74 Å². The van der Waals surface area contributed by atoms with Crippen LogP contribution in [0.2, 0.25) is 0 Å². The number of halogens is 1. The summed E-state index contributed by atoms with van der Waals surface area (Å²) in [4.78, 5) is 12.5. The van der Waals surface area contributed by atoms with Crippen molar-refractivity contribution in [3.63, 3.8) is 0 Å². The molecular formula is C22H28FNO2. The topological polar surface area (TPSA) is 38.3 Å². The molecule has 0 saturated heterocycles. The minimum Gasteiger partial charge on any atom is -0.478 e. The monoisotopic (exact) mass is 357 g/mol. The number of carbonyl (C=O) groups excluding carboxylic acids is 1. The maximum Gasteiger partial charge on any atom is 0.261 e. The van der Waals surface area contributed by atoms with Gasteiger partial charge in [0.15, 0.2) is 17.7 Å². The molecule has 0 aliphatic rings. The number of ether oxygens (including phenoxy) is 1. The molecule has 2 aromatic rings. The van der Waals surface area contributed by atoms with Gasteiger partial charge in [-0.05, 0) is 42.0 Å². The smallest absolute Gasteiger partial charge is 0.261 e. The highest BCUT2D eigenvalue weighted by Crippen LogP contribution is 2.24. The first-order valence-corrected chi connectivity index (χ1v) is 9.04. The molecule has 0 radical (unpaired) electrons. The molecule has 3 nitrogen and oxygen atoms in total. The Hall–Kier alpha value is -2.36. The van der Waals surface area contributed by atoms with E-state index in [9.17, 15) is 9.18 Å². The molecule has 2 aromatic carbocycles. The van der Waals surface area contributed by atoms with E-state index < -0.39 is 11.9 Å². The van der Waals surface area contributed by atoms with Crippen LogP contribution in [0, 0.1) is 5.82 Å². The zero-order valence-corrected chi connectivity index (χ0v) is 16.2. The Morgan fingerprint density at radius 3 is 2.27 bits per heavy atom. The molecule has 4 heteroatoms. The Balaban J connectivity index is 2.03. The van der Waals surface area contributed by atoms with E-state index in [2.05, 4.69) is 38.2 Å². The van der Waals surface area contributed by atoms with Crippen LogP contribution in [-0.2, 0) is 10.2 Å². The first-order valence-electron chi connectivity index (χ1n) is 9.04. The van der Waals surface area contributed by atoms with Gasteiger partial charge in [-0.3, -0.25) is 4.79 Å². The van der Waals surface area contributed by atoms with Crippen molar-refractivity contribution in [2.24, 2.45) is 0 Å². The highest BCUT2D eigenvalue weighted by Gasteiger charge is 2.22. The molecule has 0 fully saturated rings. The summed E-state index contributed by atoms with van der Waals surface area (Å²) in [5.74, 6) is -0.621. The van der Waals surface area contributed by atoms with Gasteiger partial charge in [0, 0.05) is 0 Å². The molecule has 0 aliphatic heterocycles. The summed E-state index contributed by atoms with van der Waals surface area (Å²) in [5.41, 5.74) is 2.35. The standard InChI is InChI=1S/C22H28FNO2/c1-6-19(26-20-10-8-7-9-18(20)23)21(25)24-15(2)16-11-13-17(14-12-16)22(3,4)5/h7-15,19H,6H2,1-5H3,(H,24,25)/t15-,19-/m1/s1. The second-order valence-corrected chi connectivity index (χ2v) is 7.55. The van der Waals surface area contributed by atoms with Crippen molar-refractivity contribution in [2.45, 2.75) is 58.6 Å². The Labute approximate surface area is 155 Å². The number of carbonyl (C=O) groups is 1. The van der Waals surface area contributed by atoms with Crippen molar-refractivity contribution in [2.75, 3.05) is 0 Å². The minimum atomic E-state index is -0.733. The second-order valence-electron chi connectivity index (χ2n) is 7.55. The molecule has 0 aromatic heterocycles. The van der Waals surface area contributed by atoms with Crippen molar-refractivity contribution < 1.29 is 13.9 Å². The molecular weight excluding hydrogens is 329 g/mol. The van der Waals surface area contributed by atoms with Gasteiger partial charge in [-0.2, -0.15) is 0 Å². The van der Waals surface area contributed by atoms with Crippen molar-refractivity contribution >= 4 is 5.91 Å².